The van der Waals surface area contributed by atoms with E-state index in [-0.39, 0.29) is 5.97 Å². The third-order valence-electron chi connectivity index (χ3n) is 1.85. The molecule has 0 saturated carbocycles. The van der Waals surface area contributed by atoms with Gasteiger partial charge in [-0.3, -0.25) is 0 Å². The average Bonchev–Trinajstić information content (AvgIpc) is 2.28. The first-order valence-corrected chi connectivity index (χ1v) is 5.47. The van der Waals surface area contributed by atoms with Crippen LogP contribution in [-0.4, -0.2) is 52.4 Å². The number of hydrogen-bond acceptors (Lipinski definition) is 4. The van der Waals surface area contributed by atoms with Gasteiger partial charge in [-0.25, -0.2) is 0 Å². The molecule has 5 heteroatoms. The third kappa shape index (κ3) is 3.36. The topological polar surface area (TPSA) is 38.8 Å². The van der Waals surface area contributed by atoms with E-state index in [4.69, 9.17) is 4.74 Å². The van der Waals surface area contributed by atoms with Crippen LogP contribution >= 0.6 is 0 Å². The molecule has 0 aliphatic carbocycles. The van der Waals surface area contributed by atoms with Crippen LogP contribution in [0.1, 0.15) is 10.4 Å². The Bertz CT molecular complexity index is 387. The van der Waals surface area contributed by atoms with Crippen LogP contribution in [0.5, 0.6) is 5.75 Å². The van der Waals surface area contributed by atoms with E-state index < -0.39 is 0 Å². The minimum absolute atomic E-state index is 0.355. The molecule has 0 N–H and O–H groups in total. The van der Waals surface area contributed by atoms with E-state index in [2.05, 4.69) is 20.3 Å². The van der Waals surface area contributed by atoms with Crippen molar-refractivity contribution in [1.82, 2.24) is 4.90 Å². The molecule has 0 unspecified atom stereocenters. The SMILES string of the molecule is COC(=O)c1ccc(OC(=[Se])N(C)C)cc1. The van der Waals surface area contributed by atoms with Gasteiger partial charge in [0.15, 0.2) is 0 Å². The monoisotopic (exact) mass is 287 g/mol. The van der Waals surface area contributed by atoms with Crippen molar-refractivity contribution in [2.24, 2.45) is 0 Å². The molecular weight excluding hydrogens is 273 g/mol. The van der Waals surface area contributed by atoms with Crippen LogP contribution in [0.25, 0.3) is 0 Å². The summed E-state index contributed by atoms with van der Waals surface area (Å²) in [5, 5.41) is 0. The molecule has 0 heterocycles. The molecular formula is C11H13NO3Se. The van der Waals surface area contributed by atoms with Gasteiger partial charge in [-0.15, -0.1) is 0 Å². The second kappa shape index (κ2) is 5.68. The van der Waals surface area contributed by atoms with Crippen molar-refractivity contribution >= 4 is 26.3 Å². The summed E-state index contributed by atoms with van der Waals surface area (Å²) in [6.07, 6.45) is 0. The van der Waals surface area contributed by atoms with E-state index in [1.165, 1.54) is 7.11 Å². The van der Waals surface area contributed by atoms with Crippen molar-refractivity contribution in [1.29, 1.82) is 0 Å². The van der Waals surface area contributed by atoms with E-state index in [1.807, 2.05) is 19.0 Å². The summed E-state index contributed by atoms with van der Waals surface area (Å²) >= 11 is 2.80. The molecule has 0 aromatic heterocycles. The molecule has 0 amide bonds. The van der Waals surface area contributed by atoms with Gasteiger partial charge in [0, 0.05) is 0 Å². The first-order valence-electron chi connectivity index (χ1n) is 4.62. The van der Waals surface area contributed by atoms with E-state index in [1.54, 1.807) is 24.3 Å². The van der Waals surface area contributed by atoms with Gasteiger partial charge in [0.25, 0.3) is 0 Å². The number of methoxy groups -OCH3 is 1. The van der Waals surface area contributed by atoms with E-state index in [9.17, 15) is 4.79 Å². The molecule has 4 nitrogen and oxygen atoms in total. The van der Waals surface area contributed by atoms with Crippen LogP contribution in [0.15, 0.2) is 24.3 Å². The molecule has 1 rings (SSSR count). The maximum absolute atomic E-state index is 11.2. The average molecular weight is 286 g/mol. The summed E-state index contributed by atoms with van der Waals surface area (Å²) in [7, 11) is 5.09. The zero-order chi connectivity index (χ0) is 12.1. The van der Waals surface area contributed by atoms with Gasteiger partial charge in [0.05, 0.1) is 0 Å². The number of nitrogens with zero attached hydrogens (tertiary/aromatic N) is 1. The molecule has 0 aliphatic rings. The van der Waals surface area contributed by atoms with Crippen molar-refractivity contribution in [3.63, 3.8) is 0 Å². The first-order chi connectivity index (χ1) is 7.54. The van der Waals surface area contributed by atoms with Crippen LogP contribution in [0.4, 0.5) is 0 Å². The van der Waals surface area contributed by atoms with Gasteiger partial charge in [-0.05, 0) is 0 Å². The number of benzene rings is 1. The van der Waals surface area contributed by atoms with Crippen LogP contribution in [0.2, 0.25) is 0 Å². The Balaban J connectivity index is 2.72. The Morgan fingerprint density at radius 2 is 1.81 bits per heavy atom. The van der Waals surface area contributed by atoms with Crippen LogP contribution in [-0.2, 0) is 4.74 Å². The number of carbonyl (C=O) groups is 1. The summed E-state index contributed by atoms with van der Waals surface area (Å²) in [6, 6.07) is 6.74. The Labute approximate surface area is 103 Å². The van der Waals surface area contributed by atoms with Gasteiger partial charge < -0.3 is 0 Å². The van der Waals surface area contributed by atoms with Gasteiger partial charge in [0.2, 0.25) is 0 Å². The fourth-order valence-corrected chi connectivity index (χ4v) is 1.17. The van der Waals surface area contributed by atoms with E-state index in [0.717, 1.165) is 0 Å². The van der Waals surface area contributed by atoms with Crippen molar-refractivity contribution in [3.8, 4) is 5.75 Å². The molecule has 16 heavy (non-hydrogen) atoms. The quantitative estimate of drug-likeness (QED) is 0.602. The molecule has 0 radical (unpaired) electrons. The van der Waals surface area contributed by atoms with Crippen molar-refractivity contribution < 1.29 is 14.3 Å². The van der Waals surface area contributed by atoms with Crippen molar-refractivity contribution in [3.05, 3.63) is 29.8 Å². The maximum atomic E-state index is 11.2. The zero-order valence-electron chi connectivity index (χ0n) is 9.39. The molecule has 1 aromatic rings. The molecule has 86 valence electrons. The molecule has 0 atom stereocenters. The summed E-state index contributed by atoms with van der Waals surface area (Å²) < 4.78 is 10.7. The van der Waals surface area contributed by atoms with Crippen LogP contribution in [0, 0.1) is 0 Å². The molecule has 1 aromatic carbocycles. The fourth-order valence-electron chi connectivity index (χ4n) is 0.969. The van der Waals surface area contributed by atoms with Crippen LogP contribution < -0.4 is 4.74 Å². The van der Waals surface area contributed by atoms with Crippen molar-refractivity contribution in [2.45, 2.75) is 0 Å². The Kier molecular flexibility index (Phi) is 4.52. The summed E-state index contributed by atoms with van der Waals surface area (Å²) in [5.74, 6) is 0.307. The standard InChI is InChI=1S/C11H13NO3Se/c1-12(2)11(16)15-9-6-4-8(5-7-9)10(13)14-3/h4-7H,1-3H3. The number of rotatable bonds is 4. The molecule has 0 fully saturated rings. The number of ether oxygens (including phenoxy) is 2. The molecule has 0 saturated heterocycles. The summed E-state index contributed by atoms with van der Waals surface area (Å²) in [6.45, 7) is 0. The number of hydrogen-bond donors (Lipinski definition) is 0. The normalized spacial score (nSPS) is 9.44. The Morgan fingerprint density at radius 1 is 1.25 bits per heavy atom. The predicted molar refractivity (Wildman–Crippen MR) is 62.9 cm³/mol. The van der Waals surface area contributed by atoms with Crippen LogP contribution in [0.3, 0.4) is 0 Å². The zero-order valence-corrected chi connectivity index (χ0v) is 11.1. The van der Waals surface area contributed by atoms with Crippen molar-refractivity contribution in [2.75, 3.05) is 21.2 Å². The summed E-state index contributed by atoms with van der Waals surface area (Å²) in [4.78, 5) is 13.0. The number of esters is 1. The Hall–Kier alpha value is -1.32. The second-order valence-electron chi connectivity index (χ2n) is 3.28. The summed E-state index contributed by atoms with van der Waals surface area (Å²) in [5.41, 5.74) is 0.501. The Morgan fingerprint density at radius 3 is 2.25 bits per heavy atom. The van der Waals surface area contributed by atoms with Gasteiger partial charge in [0.1, 0.15) is 0 Å². The predicted octanol–water partition coefficient (Wildman–Crippen LogP) is 0.669. The minimum atomic E-state index is -0.355. The van der Waals surface area contributed by atoms with Gasteiger partial charge in [-0.1, -0.05) is 0 Å². The number of carbonyl (C=O) groups excluding carboxylic acids is 1. The van der Waals surface area contributed by atoms with E-state index in [0.29, 0.717) is 16.0 Å². The van der Waals surface area contributed by atoms with E-state index >= 15 is 0 Å². The van der Waals surface area contributed by atoms with Gasteiger partial charge >= 0.3 is 102 Å². The van der Waals surface area contributed by atoms with Gasteiger partial charge in [-0.2, -0.15) is 0 Å². The fraction of sp³-hybridized carbons (Fsp3) is 0.273. The molecule has 0 bridgehead atoms. The molecule has 0 aliphatic heterocycles. The second-order valence-corrected chi connectivity index (χ2v) is 4.01. The first kappa shape index (κ1) is 12.7. The molecule has 0 spiro atoms. The third-order valence-corrected chi connectivity index (χ3v) is 2.79.